The van der Waals surface area contributed by atoms with Gasteiger partial charge in [-0.15, -0.1) is 0 Å². The molecule has 30 heavy (non-hydrogen) atoms. The van der Waals surface area contributed by atoms with E-state index in [0.29, 0.717) is 5.69 Å². The summed E-state index contributed by atoms with van der Waals surface area (Å²) in [4.78, 5) is 24.2. The minimum atomic E-state index is -3.93. The first-order valence-corrected chi connectivity index (χ1v) is 11.3. The van der Waals surface area contributed by atoms with Gasteiger partial charge in [0.1, 0.15) is 0 Å². The predicted octanol–water partition coefficient (Wildman–Crippen LogP) is 3.63. The largest absolute Gasteiger partial charge is 0.452 e. The number of carbonyl (C=O) groups excluding carboxylic acids is 2. The fourth-order valence-corrected chi connectivity index (χ4v) is 4.14. The molecule has 0 saturated carbocycles. The maximum Gasteiger partial charge on any atom is 0.340 e. The zero-order chi connectivity index (χ0) is 22.3. The van der Waals surface area contributed by atoms with Crippen LogP contribution in [0.1, 0.15) is 37.0 Å². The van der Waals surface area contributed by atoms with Crippen molar-refractivity contribution < 1.29 is 22.7 Å². The van der Waals surface area contributed by atoms with Crippen LogP contribution in [0, 0.1) is 0 Å². The molecule has 0 saturated heterocycles. The minimum absolute atomic E-state index is 0.00165. The fourth-order valence-electron chi connectivity index (χ4n) is 2.73. The maximum atomic E-state index is 12.9. The molecule has 0 aliphatic rings. The Hall–Kier alpha value is -2.58. The van der Waals surface area contributed by atoms with Crippen LogP contribution in [0.15, 0.2) is 53.4 Å². The van der Waals surface area contributed by atoms with Crippen molar-refractivity contribution in [2.75, 3.05) is 18.0 Å². The molecule has 0 bridgehead atoms. The minimum Gasteiger partial charge on any atom is -0.452 e. The summed E-state index contributed by atoms with van der Waals surface area (Å²) in [5.74, 6) is -1.31. The summed E-state index contributed by atoms with van der Waals surface area (Å²) in [7, 11) is -2.51. The molecule has 0 aliphatic carbocycles. The molecule has 0 unspecified atom stereocenters. The van der Waals surface area contributed by atoms with Crippen LogP contribution in [0.25, 0.3) is 0 Å². The second-order valence-electron chi connectivity index (χ2n) is 6.61. The first kappa shape index (κ1) is 23.7. The summed E-state index contributed by atoms with van der Waals surface area (Å²) >= 11 is 6.07. The lowest BCUT2D eigenvalue weighted by molar-refractivity contribution is -0.125. The van der Waals surface area contributed by atoms with Crippen LogP contribution in [-0.2, 0) is 19.6 Å². The number of carbonyl (C=O) groups is 2. The number of rotatable bonds is 9. The van der Waals surface area contributed by atoms with Gasteiger partial charge >= 0.3 is 5.97 Å². The van der Waals surface area contributed by atoms with Crippen LogP contribution in [0.2, 0.25) is 5.02 Å². The van der Waals surface area contributed by atoms with Crippen molar-refractivity contribution in [1.82, 2.24) is 5.32 Å². The lowest BCUT2D eigenvalue weighted by Gasteiger charge is -2.20. The van der Waals surface area contributed by atoms with Gasteiger partial charge in [-0.05, 0) is 43.2 Å². The summed E-state index contributed by atoms with van der Waals surface area (Å²) in [6.45, 7) is 3.41. The molecular weight excluding hydrogens is 428 g/mol. The first-order valence-electron chi connectivity index (χ1n) is 9.50. The third kappa shape index (κ3) is 5.73. The highest BCUT2D eigenvalue weighted by molar-refractivity contribution is 7.92. The number of para-hydroxylation sites is 1. The highest BCUT2D eigenvalue weighted by Gasteiger charge is 2.24. The molecule has 0 heterocycles. The van der Waals surface area contributed by atoms with E-state index >= 15 is 0 Å². The topological polar surface area (TPSA) is 92.8 Å². The van der Waals surface area contributed by atoms with Crippen molar-refractivity contribution in [3.8, 4) is 0 Å². The summed E-state index contributed by atoms with van der Waals surface area (Å²) in [6.07, 6.45) is 1.52. The number of hydrogen-bond donors (Lipinski definition) is 1. The monoisotopic (exact) mass is 452 g/mol. The average molecular weight is 453 g/mol. The van der Waals surface area contributed by atoms with Gasteiger partial charge in [-0.1, -0.05) is 43.6 Å². The van der Waals surface area contributed by atoms with E-state index in [1.165, 1.54) is 19.2 Å². The van der Waals surface area contributed by atoms with E-state index in [2.05, 4.69) is 5.32 Å². The molecular formula is C21H25ClN2O5S. The summed E-state index contributed by atoms with van der Waals surface area (Å²) in [5, 5.41) is 2.78. The Bertz CT molecular complexity index is 992. The lowest BCUT2D eigenvalue weighted by Crippen LogP contribution is -2.36. The zero-order valence-electron chi connectivity index (χ0n) is 17.1. The molecule has 2 aromatic carbocycles. The third-order valence-corrected chi connectivity index (χ3v) is 6.73. The van der Waals surface area contributed by atoms with Gasteiger partial charge in [-0.25, -0.2) is 13.2 Å². The van der Waals surface area contributed by atoms with Crippen molar-refractivity contribution in [3.05, 3.63) is 59.1 Å². The molecule has 0 aliphatic heterocycles. The lowest BCUT2D eigenvalue weighted by atomic mass is 10.2. The zero-order valence-corrected chi connectivity index (χ0v) is 18.7. The van der Waals surface area contributed by atoms with Crippen molar-refractivity contribution in [1.29, 1.82) is 0 Å². The number of hydrogen-bond acceptors (Lipinski definition) is 5. The highest BCUT2D eigenvalue weighted by atomic mass is 35.5. The smallest absolute Gasteiger partial charge is 0.340 e. The summed E-state index contributed by atoms with van der Waals surface area (Å²) in [6, 6.07) is 12.3. The van der Waals surface area contributed by atoms with E-state index in [1.807, 2.05) is 13.8 Å². The van der Waals surface area contributed by atoms with Crippen molar-refractivity contribution >= 4 is 39.2 Å². The first-order chi connectivity index (χ1) is 14.2. The Labute approximate surface area is 182 Å². The number of ether oxygens (including phenoxy) is 1. The Balaban J connectivity index is 2.18. The molecule has 2 aromatic rings. The number of halogens is 1. The van der Waals surface area contributed by atoms with Crippen LogP contribution < -0.4 is 9.62 Å². The fraction of sp³-hybridized carbons (Fsp3) is 0.333. The van der Waals surface area contributed by atoms with E-state index in [0.717, 1.165) is 23.2 Å². The number of nitrogens with zero attached hydrogens (tertiary/aromatic N) is 1. The quantitative estimate of drug-likeness (QED) is 0.586. The molecule has 9 heteroatoms. The number of sulfonamides is 1. The third-order valence-electron chi connectivity index (χ3n) is 4.62. The Morgan fingerprint density at radius 3 is 2.33 bits per heavy atom. The van der Waals surface area contributed by atoms with Gasteiger partial charge < -0.3 is 10.1 Å². The van der Waals surface area contributed by atoms with Crippen molar-refractivity contribution in [2.45, 2.75) is 37.6 Å². The predicted molar refractivity (Wildman–Crippen MR) is 116 cm³/mol. The molecule has 1 N–H and O–H groups in total. The van der Waals surface area contributed by atoms with Crippen LogP contribution in [0.5, 0.6) is 0 Å². The SMILES string of the molecule is CCC(CC)NC(=O)COC(=O)c1cc(S(=O)(=O)N(C)c2ccccc2)ccc1Cl. The molecule has 2 rings (SSSR count). The second kappa shape index (κ2) is 10.4. The second-order valence-corrected chi connectivity index (χ2v) is 8.98. The Morgan fingerprint density at radius 2 is 1.73 bits per heavy atom. The number of amides is 1. The van der Waals surface area contributed by atoms with E-state index < -0.39 is 28.5 Å². The Morgan fingerprint density at radius 1 is 1.10 bits per heavy atom. The Kier molecular flexibility index (Phi) is 8.25. The number of nitrogens with one attached hydrogen (secondary N) is 1. The van der Waals surface area contributed by atoms with Crippen molar-refractivity contribution in [3.63, 3.8) is 0 Å². The van der Waals surface area contributed by atoms with Gasteiger partial charge in [0.05, 0.1) is 21.2 Å². The van der Waals surface area contributed by atoms with Crippen LogP contribution in [-0.4, -0.2) is 40.0 Å². The van der Waals surface area contributed by atoms with Crippen LogP contribution >= 0.6 is 11.6 Å². The van der Waals surface area contributed by atoms with Crippen LogP contribution in [0.4, 0.5) is 5.69 Å². The van der Waals surface area contributed by atoms with Gasteiger partial charge in [-0.3, -0.25) is 9.10 Å². The molecule has 0 atom stereocenters. The van der Waals surface area contributed by atoms with E-state index in [-0.39, 0.29) is 21.5 Å². The normalized spacial score (nSPS) is 11.2. The average Bonchev–Trinajstić information content (AvgIpc) is 2.75. The van der Waals surface area contributed by atoms with E-state index in [4.69, 9.17) is 16.3 Å². The van der Waals surface area contributed by atoms with Gasteiger partial charge in [0.15, 0.2) is 6.61 Å². The molecule has 0 aromatic heterocycles. The van der Waals surface area contributed by atoms with Crippen LogP contribution in [0.3, 0.4) is 0 Å². The van der Waals surface area contributed by atoms with Gasteiger partial charge in [0, 0.05) is 13.1 Å². The molecule has 0 radical (unpaired) electrons. The molecule has 0 fully saturated rings. The summed E-state index contributed by atoms with van der Waals surface area (Å²) < 4.78 is 32.0. The van der Waals surface area contributed by atoms with Gasteiger partial charge in [0.25, 0.3) is 15.9 Å². The molecule has 7 nitrogen and oxygen atoms in total. The number of benzene rings is 2. The molecule has 1 amide bonds. The van der Waals surface area contributed by atoms with E-state index in [9.17, 15) is 18.0 Å². The molecule has 162 valence electrons. The summed E-state index contributed by atoms with van der Waals surface area (Å²) in [5.41, 5.74) is 0.337. The van der Waals surface area contributed by atoms with Crippen molar-refractivity contribution in [2.24, 2.45) is 0 Å². The molecule has 0 spiro atoms. The van der Waals surface area contributed by atoms with E-state index in [1.54, 1.807) is 30.3 Å². The van der Waals surface area contributed by atoms with Gasteiger partial charge in [-0.2, -0.15) is 0 Å². The number of anilines is 1. The number of esters is 1. The van der Waals surface area contributed by atoms with Gasteiger partial charge in [0.2, 0.25) is 0 Å². The standard InChI is InChI=1S/C21H25ClN2O5S/c1-4-15(5-2)23-20(25)14-29-21(26)18-13-17(11-12-19(18)22)30(27,28)24(3)16-9-7-6-8-10-16/h6-13,15H,4-5,14H2,1-3H3,(H,23,25). The highest BCUT2D eigenvalue weighted by Crippen LogP contribution is 2.26. The maximum absolute atomic E-state index is 12.9.